The van der Waals surface area contributed by atoms with Gasteiger partial charge in [-0.3, -0.25) is 4.90 Å². The summed E-state index contributed by atoms with van der Waals surface area (Å²) in [5.41, 5.74) is 6.88. The van der Waals surface area contributed by atoms with Crippen LogP contribution in [-0.4, -0.2) is 49.6 Å². The second kappa shape index (κ2) is 8.47. The van der Waals surface area contributed by atoms with Crippen LogP contribution in [0.15, 0.2) is 24.3 Å². The van der Waals surface area contributed by atoms with Crippen molar-refractivity contribution in [2.75, 3.05) is 33.7 Å². The maximum atomic E-state index is 13.9. The minimum absolute atomic E-state index is 0.200. The molecule has 2 N–H and O–H groups in total. The SMILES string of the molecule is CCN(CC(C)C(N)c1ccccc1F)C(C)CN(C)C. The Morgan fingerprint density at radius 3 is 2.29 bits per heavy atom. The lowest BCUT2D eigenvalue weighted by Gasteiger charge is -2.34. The number of nitrogens with zero attached hydrogens (tertiary/aromatic N) is 2. The van der Waals surface area contributed by atoms with Gasteiger partial charge in [0.25, 0.3) is 0 Å². The van der Waals surface area contributed by atoms with Crippen LogP contribution in [0, 0.1) is 11.7 Å². The van der Waals surface area contributed by atoms with E-state index < -0.39 is 0 Å². The summed E-state index contributed by atoms with van der Waals surface area (Å²) >= 11 is 0. The van der Waals surface area contributed by atoms with Crippen LogP contribution in [0.5, 0.6) is 0 Å². The fourth-order valence-corrected chi connectivity index (χ4v) is 2.80. The fraction of sp³-hybridized carbons (Fsp3) is 0.647. The van der Waals surface area contributed by atoms with Crippen molar-refractivity contribution < 1.29 is 4.39 Å². The van der Waals surface area contributed by atoms with Crippen LogP contribution in [0.1, 0.15) is 32.4 Å². The summed E-state index contributed by atoms with van der Waals surface area (Å²) in [7, 11) is 4.16. The summed E-state index contributed by atoms with van der Waals surface area (Å²) in [5, 5.41) is 0. The summed E-state index contributed by atoms with van der Waals surface area (Å²) in [5.74, 6) is -0.00676. The lowest BCUT2D eigenvalue weighted by Crippen LogP contribution is -2.43. The van der Waals surface area contributed by atoms with Crippen LogP contribution >= 0.6 is 0 Å². The third kappa shape index (κ3) is 5.38. The molecule has 120 valence electrons. The second-order valence-electron chi connectivity index (χ2n) is 6.22. The summed E-state index contributed by atoms with van der Waals surface area (Å²) in [4.78, 5) is 4.60. The van der Waals surface area contributed by atoms with E-state index in [9.17, 15) is 4.39 Å². The summed E-state index contributed by atoms with van der Waals surface area (Å²) in [6.07, 6.45) is 0. The summed E-state index contributed by atoms with van der Waals surface area (Å²) in [6.45, 7) is 9.35. The van der Waals surface area contributed by atoms with E-state index in [-0.39, 0.29) is 17.8 Å². The molecule has 0 radical (unpaired) electrons. The molecule has 0 fully saturated rings. The molecule has 0 aliphatic rings. The smallest absolute Gasteiger partial charge is 0.127 e. The van der Waals surface area contributed by atoms with Crippen LogP contribution in [-0.2, 0) is 0 Å². The molecule has 1 rings (SSSR count). The number of halogens is 1. The van der Waals surface area contributed by atoms with Crippen molar-refractivity contribution in [3.05, 3.63) is 35.6 Å². The number of benzene rings is 1. The van der Waals surface area contributed by atoms with Crippen molar-refractivity contribution in [1.29, 1.82) is 0 Å². The first-order chi connectivity index (χ1) is 9.86. The minimum atomic E-state index is -0.271. The van der Waals surface area contributed by atoms with E-state index in [2.05, 4.69) is 44.7 Å². The van der Waals surface area contributed by atoms with Crippen molar-refractivity contribution in [2.24, 2.45) is 11.7 Å². The van der Waals surface area contributed by atoms with Crippen molar-refractivity contribution in [2.45, 2.75) is 32.9 Å². The molecule has 1 aromatic carbocycles. The molecule has 0 bridgehead atoms. The standard InChI is InChI=1S/C17H30FN3/c1-6-21(14(3)12-20(4)5)11-13(2)17(19)15-9-7-8-10-16(15)18/h7-10,13-14,17H,6,11-12,19H2,1-5H3. The van der Waals surface area contributed by atoms with Gasteiger partial charge in [-0.05, 0) is 39.5 Å². The van der Waals surface area contributed by atoms with Crippen molar-refractivity contribution in [3.63, 3.8) is 0 Å². The van der Waals surface area contributed by atoms with Gasteiger partial charge in [-0.1, -0.05) is 32.0 Å². The Kier molecular flexibility index (Phi) is 7.29. The molecule has 0 aliphatic carbocycles. The minimum Gasteiger partial charge on any atom is -0.324 e. The zero-order chi connectivity index (χ0) is 16.0. The van der Waals surface area contributed by atoms with E-state index in [4.69, 9.17) is 5.73 Å². The first kappa shape index (κ1) is 18.1. The number of rotatable bonds is 8. The Hall–Kier alpha value is -0.970. The van der Waals surface area contributed by atoms with Crippen LogP contribution in [0.3, 0.4) is 0 Å². The number of nitrogens with two attached hydrogens (primary N) is 1. The Morgan fingerprint density at radius 1 is 1.14 bits per heavy atom. The van der Waals surface area contributed by atoms with E-state index >= 15 is 0 Å². The van der Waals surface area contributed by atoms with Gasteiger partial charge in [0.05, 0.1) is 0 Å². The van der Waals surface area contributed by atoms with E-state index in [1.807, 2.05) is 6.07 Å². The normalized spacial score (nSPS) is 16.2. The van der Waals surface area contributed by atoms with Gasteiger partial charge < -0.3 is 10.6 Å². The molecule has 3 nitrogen and oxygen atoms in total. The summed E-state index contributed by atoms with van der Waals surface area (Å²) < 4.78 is 13.9. The predicted octanol–water partition coefficient (Wildman–Crippen LogP) is 2.73. The Bertz CT molecular complexity index is 422. The molecular formula is C17H30FN3. The number of likely N-dealkylation sites (N-methyl/N-ethyl adjacent to an activating group) is 2. The molecule has 21 heavy (non-hydrogen) atoms. The van der Waals surface area contributed by atoms with E-state index in [0.717, 1.165) is 19.6 Å². The summed E-state index contributed by atoms with van der Waals surface area (Å²) in [6, 6.07) is 7.00. The lowest BCUT2D eigenvalue weighted by molar-refractivity contribution is 0.152. The van der Waals surface area contributed by atoms with E-state index in [0.29, 0.717) is 11.6 Å². The second-order valence-corrected chi connectivity index (χ2v) is 6.22. The van der Waals surface area contributed by atoms with Crippen LogP contribution in [0.25, 0.3) is 0 Å². The molecule has 4 heteroatoms. The first-order valence-corrected chi connectivity index (χ1v) is 7.75. The molecular weight excluding hydrogens is 265 g/mol. The predicted molar refractivity (Wildman–Crippen MR) is 87.8 cm³/mol. The molecule has 3 atom stereocenters. The van der Waals surface area contributed by atoms with Gasteiger partial charge in [0.1, 0.15) is 5.82 Å². The van der Waals surface area contributed by atoms with Gasteiger partial charge in [-0.15, -0.1) is 0 Å². The third-order valence-corrected chi connectivity index (χ3v) is 4.06. The highest BCUT2D eigenvalue weighted by atomic mass is 19.1. The topological polar surface area (TPSA) is 32.5 Å². The van der Waals surface area contributed by atoms with Gasteiger partial charge in [0.2, 0.25) is 0 Å². The zero-order valence-corrected chi connectivity index (χ0v) is 14.0. The maximum absolute atomic E-state index is 13.9. The quantitative estimate of drug-likeness (QED) is 0.800. The fourth-order valence-electron chi connectivity index (χ4n) is 2.80. The molecule has 1 aromatic rings. The third-order valence-electron chi connectivity index (χ3n) is 4.06. The highest BCUT2D eigenvalue weighted by Crippen LogP contribution is 2.23. The molecule has 0 heterocycles. The largest absolute Gasteiger partial charge is 0.324 e. The molecule has 0 aliphatic heterocycles. The number of hydrogen-bond donors (Lipinski definition) is 1. The van der Waals surface area contributed by atoms with Crippen molar-refractivity contribution in [1.82, 2.24) is 9.80 Å². The van der Waals surface area contributed by atoms with Gasteiger partial charge in [-0.25, -0.2) is 4.39 Å². The van der Waals surface area contributed by atoms with Crippen LogP contribution in [0.2, 0.25) is 0 Å². The lowest BCUT2D eigenvalue weighted by atomic mass is 9.94. The Balaban J connectivity index is 2.69. The van der Waals surface area contributed by atoms with Crippen molar-refractivity contribution >= 4 is 0 Å². The molecule has 0 amide bonds. The number of hydrogen-bond acceptors (Lipinski definition) is 3. The van der Waals surface area contributed by atoms with Crippen LogP contribution < -0.4 is 5.73 Å². The van der Waals surface area contributed by atoms with E-state index in [1.165, 1.54) is 6.07 Å². The monoisotopic (exact) mass is 295 g/mol. The molecule has 3 unspecified atom stereocenters. The van der Waals surface area contributed by atoms with E-state index in [1.54, 1.807) is 12.1 Å². The molecule has 0 saturated heterocycles. The van der Waals surface area contributed by atoms with Crippen molar-refractivity contribution in [3.8, 4) is 0 Å². The van der Waals surface area contributed by atoms with Crippen LogP contribution in [0.4, 0.5) is 4.39 Å². The first-order valence-electron chi connectivity index (χ1n) is 7.75. The average molecular weight is 295 g/mol. The van der Waals surface area contributed by atoms with Gasteiger partial charge in [-0.2, -0.15) is 0 Å². The van der Waals surface area contributed by atoms with Gasteiger partial charge in [0, 0.05) is 30.7 Å². The highest BCUT2D eigenvalue weighted by Gasteiger charge is 2.22. The average Bonchev–Trinajstić information content (AvgIpc) is 2.43. The van der Waals surface area contributed by atoms with Gasteiger partial charge in [0.15, 0.2) is 0 Å². The Morgan fingerprint density at radius 2 is 1.76 bits per heavy atom. The molecule has 0 aromatic heterocycles. The zero-order valence-electron chi connectivity index (χ0n) is 14.0. The Labute approximate surface area is 128 Å². The maximum Gasteiger partial charge on any atom is 0.127 e. The van der Waals surface area contributed by atoms with Gasteiger partial charge >= 0.3 is 0 Å². The molecule has 0 saturated carbocycles. The molecule has 0 spiro atoms. The highest BCUT2D eigenvalue weighted by molar-refractivity contribution is 5.21.